The zero-order chi connectivity index (χ0) is 23.7. The van der Waals surface area contributed by atoms with E-state index in [1.165, 1.54) is 29.4 Å². The highest BCUT2D eigenvalue weighted by Crippen LogP contribution is 2.21. The zero-order valence-electron chi connectivity index (χ0n) is 17.8. The van der Waals surface area contributed by atoms with E-state index in [2.05, 4.69) is 15.3 Å². The molecule has 0 aliphatic carbocycles. The molecule has 4 aromatic rings. The van der Waals surface area contributed by atoms with Gasteiger partial charge in [-0.15, -0.1) is 0 Å². The lowest BCUT2D eigenvalue weighted by molar-refractivity contribution is -0.118. The van der Waals surface area contributed by atoms with Crippen LogP contribution in [0.3, 0.4) is 0 Å². The smallest absolute Gasteiger partial charge is 0.315 e. The fourth-order valence-corrected chi connectivity index (χ4v) is 3.55. The highest BCUT2D eigenvalue weighted by molar-refractivity contribution is 6.30. The van der Waals surface area contributed by atoms with Gasteiger partial charge in [0.05, 0.1) is 18.6 Å². The summed E-state index contributed by atoms with van der Waals surface area (Å²) < 4.78 is 3.34. The molecule has 0 saturated heterocycles. The third kappa shape index (κ3) is 4.46. The molecule has 0 unspecified atom stereocenters. The minimum Gasteiger partial charge on any atom is -0.315 e. The maximum Gasteiger partial charge on any atom is 0.332 e. The van der Waals surface area contributed by atoms with Gasteiger partial charge in [-0.1, -0.05) is 29.8 Å². The average Bonchev–Trinajstić information content (AvgIpc) is 3.19. The lowest BCUT2D eigenvalue weighted by Crippen LogP contribution is -2.41. The molecular weight excluding hydrogens is 448 g/mol. The molecule has 0 fully saturated rings. The Morgan fingerprint density at radius 2 is 1.79 bits per heavy atom. The third-order valence-electron chi connectivity index (χ3n) is 4.95. The molecule has 0 aliphatic rings. The number of aromatic nitrogens is 5. The first-order chi connectivity index (χ1) is 15.7. The van der Waals surface area contributed by atoms with Gasteiger partial charge in [-0.05, 0) is 31.2 Å². The van der Waals surface area contributed by atoms with Gasteiger partial charge in [-0.25, -0.2) is 14.8 Å². The predicted octanol–water partition coefficient (Wildman–Crippen LogP) is 1.84. The molecule has 10 nitrogen and oxygen atoms in total. The number of carbonyl (C=O) groups excluding carboxylic acids is 2. The summed E-state index contributed by atoms with van der Waals surface area (Å²) in [5.41, 5.74) is 0.330. The van der Waals surface area contributed by atoms with E-state index in [1.807, 2.05) is 12.1 Å². The molecule has 0 radical (unpaired) electrons. The Kier molecular flexibility index (Phi) is 5.93. The zero-order valence-corrected chi connectivity index (χ0v) is 18.5. The Labute approximate surface area is 192 Å². The van der Waals surface area contributed by atoms with Crippen LogP contribution >= 0.6 is 11.6 Å². The van der Waals surface area contributed by atoms with Crippen molar-refractivity contribution in [2.45, 2.75) is 20.0 Å². The molecule has 1 N–H and O–H groups in total. The van der Waals surface area contributed by atoms with E-state index in [-0.39, 0.29) is 30.0 Å². The van der Waals surface area contributed by atoms with E-state index >= 15 is 0 Å². The molecule has 11 heteroatoms. The number of hydrogen-bond donors (Lipinski definition) is 1. The van der Waals surface area contributed by atoms with E-state index in [4.69, 9.17) is 11.6 Å². The molecule has 1 amide bonds. The number of Topliss-reactive ketones (excluding diaryl/α,β-unsaturated/α-hetero) is 1. The van der Waals surface area contributed by atoms with Crippen molar-refractivity contribution in [1.82, 2.24) is 23.7 Å². The number of imidazole rings is 1. The van der Waals surface area contributed by atoms with Crippen molar-refractivity contribution < 1.29 is 9.59 Å². The molecule has 168 valence electrons. The van der Waals surface area contributed by atoms with Gasteiger partial charge in [-0.3, -0.25) is 23.5 Å². The molecular formula is C22H19ClN6O4. The molecule has 4 rings (SSSR count). The predicted molar refractivity (Wildman–Crippen MR) is 123 cm³/mol. The van der Waals surface area contributed by atoms with Crippen molar-refractivity contribution in [2.75, 3.05) is 5.32 Å². The van der Waals surface area contributed by atoms with Gasteiger partial charge in [0.1, 0.15) is 18.1 Å². The molecule has 0 aliphatic heterocycles. The molecule has 3 heterocycles. The Morgan fingerprint density at radius 1 is 1.06 bits per heavy atom. The minimum atomic E-state index is -0.684. The summed E-state index contributed by atoms with van der Waals surface area (Å²) in [6.07, 6.45) is 1.31. The number of ketones is 1. The minimum absolute atomic E-state index is 0.0522. The second kappa shape index (κ2) is 8.83. The monoisotopic (exact) mass is 466 g/mol. The van der Waals surface area contributed by atoms with Crippen LogP contribution < -0.4 is 16.6 Å². The van der Waals surface area contributed by atoms with E-state index in [0.29, 0.717) is 16.5 Å². The van der Waals surface area contributed by atoms with Crippen LogP contribution in [0.2, 0.25) is 5.02 Å². The number of nitrogens with zero attached hydrogens (tertiary/aromatic N) is 5. The van der Waals surface area contributed by atoms with E-state index in [1.54, 1.807) is 30.3 Å². The molecule has 0 spiro atoms. The van der Waals surface area contributed by atoms with Crippen LogP contribution in [0.15, 0.2) is 58.4 Å². The average molecular weight is 467 g/mol. The molecule has 1 aromatic carbocycles. The lowest BCUT2D eigenvalue weighted by Gasteiger charge is -2.09. The van der Waals surface area contributed by atoms with Crippen molar-refractivity contribution in [3.8, 4) is 11.3 Å². The number of halogens is 1. The number of nitrogens with one attached hydrogen (secondary N) is 1. The van der Waals surface area contributed by atoms with Crippen LogP contribution in [-0.2, 0) is 29.7 Å². The van der Waals surface area contributed by atoms with Gasteiger partial charge >= 0.3 is 5.69 Å². The van der Waals surface area contributed by atoms with Crippen LogP contribution in [-0.4, -0.2) is 35.4 Å². The maximum atomic E-state index is 12.9. The summed E-state index contributed by atoms with van der Waals surface area (Å²) in [6.45, 7) is 0.684. The van der Waals surface area contributed by atoms with Crippen molar-refractivity contribution >= 4 is 40.3 Å². The van der Waals surface area contributed by atoms with Gasteiger partial charge in [-0.2, -0.15) is 0 Å². The number of carbonyl (C=O) groups is 2. The second-order valence-electron chi connectivity index (χ2n) is 7.44. The van der Waals surface area contributed by atoms with Crippen molar-refractivity contribution in [1.29, 1.82) is 0 Å². The summed E-state index contributed by atoms with van der Waals surface area (Å²) in [6, 6.07) is 12.4. The van der Waals surface area contributed by atoms with Crippen molar-refractivity contribution in [3.05, 3.63) is 74.7 Å². The van der Waals surface area contributed by atoms with Crippen LogP contribution in [0.5, 0.6) is 0 Å². The highest BCUT2D eigenvalue weighted by atomic mass is 35.5. The first-order valence-corrected chi connectivity index (χ1v) is 10.3. The van der Waals surface area contributed by atoms with Crippen molar-refractivity contribution in [2.24, 2.45) is 7.05 Å². The number of pyridine rings is 1. The Hall–Kier alpha value is -4.05. The number of aryl methyl sites for hydroxylation is 1. The number of rotatable bonds is 6. The number of fused-ring (bicyclic) bond motifs is 1. The topological polar surface area (TPSA) is 121 Å². The number of hydrogen-bond acceptors (Lipinski definition) is 6. The summed E-state index contributed by atoms with van der Waals surface area (Å²) in [5, 5.41) is 3.31. The van der Waals surface area contributed by atoms with E-state index in [0.717, 1.165) is 10.1 Å². The van der Waals surface area contributed by atoms with Gasteiger partial charge in [0.2, 0.25) is 5.91 Å². The molecule has 0 saturated carbocycles. The molecule has 3 aromatic heterocycles. The number of anilines is 1. The fraction of sp³-hybridized carbons (Fsp3) is 0.182. The Morgan fingerprint density at radius 3 is 2.48 bits per heavy atom. The highest BCUT2D eigenvalue weighted by Gasteiger charge is 2.18. The summed E-state index contributed by atoms with van der Waals surface area (Å²) in [7, 11) is 1.45. The second-order valence-corrected chi connectivity index (χ2v) is 7.88. The summed E-state index contributed by atoms with van der Waals surface area (Å²) in [4.78, 5) is 58.0. The van der Waals surface area contributed by atoms with E-state index < -0.39 is 17.2 Å². The van der Waals surface area contributed by atoms with Gasteiger partial charge < -0.3 is 9.88 Å². The lowest BCUT2D eigenvalue weighted by atomic mass is 10.1. The van der Waals surface area contributed by atoms with Crippen LogP contribution in [0, 0.1) is 0 Å². The standard InChI is InChI=1S/C22H19ClN6O4/c1-13(30)10-29-21(32)19-20(27(2)22(29)33)24-12-28(19)11-18(31)26-17-5-3-4-16(25-17)14-6-8-15(23)9-7-14/h3-9,12H,10-11H2,1-2H3,(H,25,26,31). The fourth-order valence-electron chi connectivity index (χ4n) is 3.43. The third-order valence-corrected chi connectivity index (χ3v) is 5.20. The van der Waals surface area contributed by atoms with Gasteiger partial charge in [0, 0.05) is 17.6 Å². The quantitative estimate of drug-likeness (QED) is 0.463. The first kappa shape index (κ1) is 22.2. The van der Waals surface area contributed by atoms with E-state index in [9.17, 15) is 19.2 Å². The SMILES string of the molecule is CC(=O)Cn1c(=O)c2c(ncn2CC(=O)Nc2cccc(-c3ccc(Cl)cc3)n2)n(C)c1=O. The Balaban J connectivity index is 1.61. The first-order valence-electron chi connectivity index (χ1n) is 9.91. The number of benzene rings is 1. The maximum absolute atomic E-state index is 12.9. The largest absolute Gasteiger partial charge is 0.332 e. The van der Waals surface area contributed by atoms with Crippen LogP contribution in [0.25, 0.3) is 22.4 Å². The van der Waals surface area contributed by atoms with Gasteiger partial charge in [0.15, 0.2) is 11.2 Å². The number of amides is 1. The normalized spacial score (nSPS) is 11.0. The summed E-state index contributed by atoms with van der Waals surface area (Å²) >= 11 is 5.93. The molecule has 33 heavy (non-hydrogen) atoms. The van der Waals surface area contributed by atoms with Crippen LogP contribution in [0.4, 0.5) is 5.82 Å². The molecule has 0 atom stereocenters. The van der Waals surface area contributed by atoms with Crippen LogP contribution in [0.1, 0.15) is 6.92 Å². The molecule has 0 bridgehead atoms. The van der Waals surface area contributed by atoms with Crippen molar-refractivity contribution in [3.63, 3.8) is 0 Å². The summed E-state index contributed by atoms with van der Waals surface area (Å²) in [5.74, 6) is -0.455. The van der Waals surface area contributed by atoms with Gasteiger partial charge in [0.25, 0.3) is 5.56 Å². The Bertz CT molecular complexity index is 1500.